The van der Waals surface area contributed by atoms with E-state index in [0.717, 1.165) is 6.42 Å². The van der Waals surface area contributed by atoms with Crippen molar-refractivity contribution in [1.29, 1.82) is 0 Å². The Bertz CT molecular complexity index is 530. The highest BCUT2D eigenvalue weighted by Crippen LogP contribution is 2.23. The van der Waals surface area contributed by atoms with Gasteiger partial charge in [-0.15, -0.1) is 0 Å². The molecule has 1 N–H and O–H groups in total. The number of likely N-dealkylation sites (tertiary alicyclic amines) is 1. The Labute approximate surface area is 124 Å². The SMILES string of the molecule is CC(C)(C)OC(=O)[C@H]1CCCN1C(=O)c1ccc(O)cc1. The van der Waals surface area contributed by atoms with Crippen LogP contribution in [0.4, 0.5) is 0 Å². The molecule has 1 aliphatic rings. The van der Waals surface area contributed by atoms with Gasteiger partial charge in [0.2, 0.25) is 0 Å². The second-order valence-electron chi connectivity index (χ2n) is 6.24. The molecule has 0 unspecified atom stereocenters. The van der Waals surface area contributed by atoms with Crippen LogP contribution in [-0.4, -0.2) is 40.1 Å². The second kappa shape index (κ2) is 5.76. The normalized spacial score (nSPS) is 18.6. The van der Waals surface area contributed by atoms with Gasteiger partial charge in [-0.2, -0.15) is 0 Å². The van der Waals surface area contributed by atoms with Crippen LogP contribution in [0.2, 0.25) is 0 Å². The van der Waals surface area contributed by atoms with Gasteiger partial charge >= 0.3 is 5.97 Å². The van der Waals surface area contributed by atoms with Crippen molar-refractivity contribution in [2.45, 2.75) is 45.3 Å². The molecule has 1 aliphatic heterocycles. The molecule has 0 radical (unpaired) electrons. The number of rotatable bonds is 2. The third kappa shape index (κ3) is 3.74. The Morgan fingerprint density at radius 1 is 1.24 bits per heavy atom. The summed E-state index contributed by atoms with van der Waals surface area (Å²) in [6.07, 6.45) is 1.41. The minimum Gasteiger partial charge on any atom is -0.508 e. The summed E-state index contributed by atoms with van der Waals surface area (Å²) in [7, 11) is 0. The Balaban J connectivity index is 2.13. The van der Waals surface area contributed by atoms with Gasteiger partial charge in [0.05, 0.1) is 0 Å². The van der Waals surface area contributed by atoms with Crippen LogP contribution in [0.25, 0.3) is 0 Å². The van der Waals surface area contributed by atoms with Crippen LogP contribution < -0.4 is 0 Å². The van der Waals surface area contributed by atoms with Gasteiger partial charge in [0.15, 0.2) is 0 Å². The molecule has 1 aromatic carbocycles. The monoisotopic (exact) mass is 291 g/mol. The highest BCUT2D eigenvalue weighted by molar-refractivity contribution is 5.97. The zero-order chi connectivity index (χ0) is 15.6. The van der Waals surface area contributed by atoms with E-state index in [-0.39, 0.29) is 17.6 Å². The first kappa shape index (κ1) is 15.4. The lowest BCUT2D eigenvalue weighted by Crippen LogP contribution is -2.43. The van der Waals surface area contributed by atoms with Crippen LogP contribution in [0.1, 0.15) is 44.0 Å². The maximum atomic E-state index is 12.5. The number of aromatic hydroxyl groups is 1. The van der Waals surface area contributed by atoms with Gasteiger partial charge < -0.3 is 14.7 Å². The van der Waals surface area contributed by atoms with Gasteiger partial charge in [-0.3, -0.25) is 4.79 Å². The highest BCUT2D eigenvalue weighted by Gasteiger charge is 2.37. The fraction of sp³-hybridized carbons (Fsp3) is 0.500. The van der Waals surface area contributed by atoms with E-state index in [4.69, 9.17) is 4.74 Å². The van der Waals surface area contributed by atoms with Crippen molar-refractivity contribution in [2.24, 2.45) is 0 Å². The number of carbonyl (C=O) groups is 2. The topological polar surface area (TPSA) is 66.8 Å². The Kier molecular flexibility index (Phi) is 4.21. The molecule has 2 rings (SSSR count). The molecule has 0 saturated carbocycles. The van der Waals surface area contributed by atoms with Crippen molar-refractivity contribution < 1.29 is 19.4 Å². The maximum absolute atomic E-state index is 12.5. The Morgan fingerprint density at radius 2 is 1.86 bits per heavy atom. The third-order valence-electron chi connectivity index (χ3n) is 3.31. The number of amides is 1. The number of phenolic OH excluding ortho intramolecular Hbond substituents is 1. The molecule has 0 bridgehead atoms. The number of phenols is 1. The number of ether oxygens (including phenoxy) is 1. The van der Waals surface area contributed by atoms with E-state index in [1.165, 1.54) is 12.1 Å². The van der Waals surface area contributed by atoms with Gasteiger partial charge in [0.25, 0.3) is 5.91 Å². The molecule has 21 heavy (non-hydrogen) atoms. The fourth-order valence-corrected chi connectivity index (χ4v) is 2.39. The zero-order valence-corrected chi connectivity index (χ0v) is 12.6. The zero-order valence-electron chi connectivity index (χ0n) is 12.6. The van der Waals surface area contributed by atoms with E-state index in [2.05, 4.69) is 0 Å². The van der Waals surface area contributed by atoms with Crippen molar-refractivity contribution in [1.82, 2.24) is 4.90 Å². The number of hydrogen-bond acceptors (Lipinski definition) is 4. The fourth-order valence-electron chi connectivity index (χ4n) is 2.39. The summed E-state index contributed by atoms with van der Waals surface area (Å²) in [5.74, 6) is -0.452. The van der Waals surface area contributed by atoms with Gasteiger partial charge in [0, 0.05) is 12.1 Å². The van der Waals surface area contributed by atoms with Crippen LogP contribution in [0.3, 0.4) is 0 Å². The largest absolute Gasteiger partial charge is 0.508 e. The van der Waals surface area contributed by atoms with Gasteiger partial charge in [-0.25, -0.2) is 4.79 Å². The van der Waals surface area contributed by atoms with Crippen LogP contribution in [0, 0.1) is 0 Å². The number of esters is 1. The third-order valence-corrected chi connectivity index (χ3v) is 3.31. The first-order chi connectivity index (χ1) is 9.78. The lowest BCUT2D eigenvalue weighted by molar-refractivity contribution is -0.159. The molecule has 1 amide bonds. The van der Waals surface area contributed by atoms with Gasteiger partial charge in [0.1, 0.15) is 17.4 Å². The summed E-state index contributed by atoms with van der Waals surface area (Å²) in [4.78, 5) is 26.2. The summed E-state index contributed by atoms with van der Waals surface area (Å²) in [5, 5.41) is 9.27. The average molecular weight is 291 g/mol. The predicted molar refractivity (Wildman–Crippen MR) is 78.0 cm³/mol. The highest BCUT2D eigenvalue weighted by atomic mass is 16.6. The van der Waals surface area contributed by atoms with Crippen molar-refractivity contribution in [3.05, 3.63) is 29.8 Å². The van der Waals surface area contributed by atoms with Gasteiger partial charge in [-0.1, -0.05) is 0 Å². The number of carbonyl (C=O) groups excluding carboxylic acids is 2. The van der Waals surface area contributed by atoms with E-state index in [1.54, 1.807) is 17.0 Å². The number of nitrogens with zero attached hydrogens (tertiary/aromatic N) is 1. The first-order valence-corrected chi connectivity index (χ1v) is 7.11. The lowest BCUT2D eigenvalue weighted by atomic mass is 10.1. The second-order valence-corrected chi connectivity index (χ2v) is 6.24. The Morgan fingerprint density at radius 3 is 2.43 bits per heavy atom. The summed E-state index contributed by atoms with van der Waals surface area (Å²) >= 11 is 0. The Hall–Kier alpha value is -2.04. The smallest absolute Gasteiger partial charge is 0.329 e. The molecular formula is C16H21NO4. The van der Waals surface area contributed by atoms with Crippen molar-refractivity contribution in [2.75, 3.05) is 6.54 Å². The maximum Gasteiger partial charge on any atom is 0.329 e. The van der Waals surface area contributed by atoms with Crippen LogP contribution in [0.15, 0.2) is 24.3 Å². The molecule has 0 spiro atoms. The molecular weight excluding hydrogens is 270 g/mol. The molecule has 5 nitrogen and oxygen atoms in total. The molecule has 1 atom stereocenters. The molecule has 1 aromatic rings. The van der Waals surface area contributed by atoms with Gasteiger partial charge in [-0.05, 0) is 57.9 Å². The standard InChI is InChI=1S/C16H21NO4/c1-16(2,3)21-15(20)13-5-4-10-17(13)14(19)11-6-8-12(18)9-7-11/h6-9,13,18H,4-5,10H2,1-3H3/t13-/m1/s1. The molecule has 1 saturated heterocycles. The molecule has 0 aliphatic carbocycles. The lowest BCUT2D eigenvalue weighted by Gasteiger charge is -2.27. The molecule has 5 heteroatoms. The average Bonchev–Trinajstić information content (AvgIpc) is 2.86. The van der Waals surface area contributed by atoms with Crippen molar-refractivity contribution in [3.63, 3.8) is 0 Å². The summed E-state index contributed by atoms with van der Waals surface area (Å²) < 4.78 is 5.38. The molecule has 114 valence electrons. The van der Waals surface area contributed by atoms with Crippen molar-refractivity contribution in [3.8, 4) is 5.75 Å². The van der Waals surface area contributed by atoms with E-state index in [0.29, 0.717) is 18.5 Å². The number of benzene rings is 1. The van der Waals surface area contributed by atoms with E-state index in [1.807, 2.05) is 20.8 Å². The summed E-state index contributed by atoms with van der Waals surface area (Å²) in [5.41, 5.74) is -0.101. The van der Waals surface area contributed by atoms with Crippen LogP contribution in [-0.2, 0) is 9.53 Å². The van der Waals surface area contributed by atoms with Crippen LogP contribution in [0.5, 0.6) is 5.75 Å². The minimum absolute atomic E-state index is 0.108. The summed E-state index contributed by atoms with van der Waals surface area (Å²) in [6.45, 7) is 5.98. The molecule has 0 aromatic heterocycles. The molecule has 1 heterocycles. The van der Waals surface area contributed by atoms with Crippen LogP contribution >= 0.6 is 0 Å². The first-order valence-electron chi connectivity index (χ1n) is 7.11. The summed E-state index contributed by atoms with van der Waals surface area (Å²) in [6, 6.07) is 5.52. The van der Waals surface area contributed by atoms with E-state index in [9.17, 15) is 14.7 Å². The van der Waals surface area contributed by atoms with E-state index >= 15 is 0 Å². The minimum atomic E-state index is -0.563. The predicted octanol–water partition coefficient (Wildman–Crippen LogP) is 2.34. The van der Waals surface area contributed by atoms with E-state index < -0.39 is 11.6 Å². The quantitative estimate of drug-likeness (QED) is 0.849. The molecule has 1 fully saturated rings. The van der Waals surface area contributed by atoms with Crippen molar-refractivity contribution >= 4 is 11.9 Å². The number of hydrogen-bond donors (Lipinski definition) is 1.